The highest BCUT2D eigenvalue weighted by atomic mass is 16.6. The molecule has 1 aliphatic rings. The molecule has 0 N–H and O–H groups in total. The molecule has 116 valence electrons. The van der Waals surface area contributed by atoms with Gasteiger partial charge in [-0.3, -0.25) is 4.79 Å². The summed E-state index contributed by atoms with van der Waals surface area (Å²) in [7, 11) is 0. The van der Waals surface area contributed by atoms with Gasteiger partial charge in [0, 0.05) is 0 Å². The average Bonchev–Trinajstić information content (AvgIpc) is 2.40. The molecular formula is C18H32O2. The molecule has 20 heavy (non-hydrogen) atoms. The molecule has 2 heteroatoms. The topological polar surface area (TPSA) is 26.3 Å². The summed E-state index contributed by atoms with van der Waals surface area (Å²) in [5.41, 5.74) is 0.531. The Balaban J connectivity index is 2.78. The maximum absolute atomic E-state index is 12.7. The number of carbonyl (C=O) groups is 1. The van der Waals surface area contributed by atoms with Gasteiger partial charge < -0.3 is 4.74 Å². The minimum Gasteiger partial charge on any atom is -0.455 e. The molecule has 0 radical (unpaired) electrons. The largest absolute Gasteiger partial charge is 0.455 e. The Morgan fingerprint density at radius 1 is 1.15 bits per heavy atom. The molecule has 0 aromatic heterocycles. The summed E-state index contributed by atoms with van der Waals surface area (Å²) >= 11 is 0. The molecule has 0 saturated carbocycles. The van der Waals surface area contributed by atoms with Crippen molar-refractivity contribution >= 4 is 5.97 Å². The summed E-state index contributed by atoms with van der Waals surface area (Å²) in [6.45, 7) is 10.4. The molecule has 0 fully saturated rings. The molecule has 0 atom stereocenters. The predicted molar refractivity (Wildman–Crippen MR) is 84.6 cm³/mol. The zero-order valence-electron chi connectivity index (χ0n) is 14.1. The molecule has 0 heterocycles. The van der Waals surface area contributed by atoms with Crippen molar-refractivity contribution in [3.05, 3.63) is 11.6 Å². The molecule has 0 unspecified atom stereocenters. The molecule has 1 aliphatic carbocycles. The highest BCUT2D eigenvalue weighted by Gasteiger charge is 2.38. The summed E-state index contributed by atoms with van der Waals surface area (Å²) in [6.07, 6.45) is 10.8. The summed E-state index contributed by atoms with van der Waals surface area (Å²) in [4.78, 5) is 12.7. The number of hydrogen-bond donors (Lipinski definition) is 0. The van der Waals surface area contributed by atoms with Crippen molar-refractivity contribution in [3.63, 3.8) is 0 Å². The Labute approximate surface area is 125 Å². The van der Waals surface area contributed by atoms with E-state index in [0.717, 1.165) is 38.5 Å². The van der Waals surface area contributed by atoms with Gasteiger partial charge in [0.1, 0.15) is 5.60 Å². The Bertz CT molecular complexity index is 346. The number of carbonyl (C=O) groups excluding carboxylic acids is 1. The summed E-state index contributed by atoms with van der Waals surface area (Å²) in [6, 6.07) is 0. The molecule has 0 aromatic carbocycles. The maximum atomic E-state index is 12.7. The van der Waals surface area contributed by atoms with Crippen LogP contribution >= 0.6 is 0 Å². The second-order valence-electron chi connectivity index (χ2n) is 6.94. The minimum absolute atomic E-state index is 0.0160. The third-order valence-electron chi connectivity index (χ3n) is 4.51. The first-order valence-electron chi connectivity index (χ1n) is 8.28. The zero-order valence-corrected chi connectivity index (χ0v) is 14.1. The Kier molecular flexibility index (Phi) is 6.29. The molecule has 0 bridgehead atoms. The first-order chi connectivity index (χ1) is 9.35. The molecule has 0 saturated heterocycles. The van der Waals surface area contributed by atoms with Gasteiger partial charge in [-0.2, -0.15) is 0 Å². The predicted octanol–water partition coefficient (Wildman–Crippen LogP) is 5.42. The third-order valence-corrected chi connectivity index (χ3v) is 4.51. The van der Waals surface area contributed by atoms with Crippen LogP contribution in [0.5, 0.6) is 0 Å². The molecule has 0 amide bonds. The molecule has 1 rings (SSSR count). The summed E-state index contributed by atoms with van der Waals surface area (Å²) < 4.78 is 5.94. The van der Waals surface area contributed by atoms with E-state index in [-0.39, 0.29) is 11.4 Å². The molecule has 2 nitrogen and oxygen atoms in total. The van der Waals surface area contributed by atoms with Crippen LogP contribution in [0, 0.1) is 5.41 Å². The van der Waals surface area contributed by atoms with Gasteiger partial charge in [0.15, 0.2) is 0 Å². The zero-order chi connectivity index (χ0) is 15.2. The van der Waals surface area contributed by atoms with Crippen LogP contribution < -0.4 is 0 Å². The molecule has 0 aliphatic heterocycles. The van der Waals surface area contributed by atoms with Gasteiger partial charge in [0.05, 0.1) is 5.41 Å². The van der Waals surface area contributed by atoms with Crippen LogP contribution in [0.4, 0.5) is 0 Å². The fraction of sp³-hybridized carbons (Fsp3) is 0.833. The Morgan fingerprint density at radius 2 is 1.75 bits per heavy atom. The van der Waals surface area contributed by atoms with Gasteiger partial charge in [-0.05, 0) is 64.9 Å². The molecular weight excluding hydrogens is 248 g/mol. The highest BCUT2D eigenvalue weighted by molar-refractivity contribution is 5.77. The fourth-order valence-electron chi connectivity index (χ4n) is 3.24. The minimum atomic E-state index is -0.444. The second kappa shape index (κ2) is 7.28. The smallest absolute Gasteiger partial charge is 0.312 e. The summed E-state index contributed by atoms with van der Waals surface area (Å²) in [5.74, 6) is -0.0160. The van der Waals surface area contributed by atoms with Crippen LogP contribution in [-0.4, -0.2) is 11.6 Å². The standard InChI is InChI=1S/C18H32O2/c1-6-13-18(5,14-7-2)16(19)20-17(3,4)15-11-9-8-10-12-15/h11H,6-10,12-14H2,1-5H3. The molecule has 0 spiro atoms. The maximum Gasteiger partial charge on any atom is 0.312 e. The van der Waals surface area contributed by atoms with Crippen molar-refractivity contribution < 1.29 is 9.53 Å². The number of esters is 1. The Morgan fingerprint density at radius 3 is 2.20 bits per heavy atom. The van der Waals surface area contributed by atoms with E-state index in [1.165, 1.54) is 18.4 Å². The lowest BCUT2D eigenvalue weighted by Crippen LogP contribution is -2.38. The Hall–Kier alpha value is -0.790. The van der Waals surface area contributed by atoms with Crippen LogP contribution in [0.3, 0.4) is 0 Å². The van der Waals surface area contributed by atoms with E-state index in [1.54, 1.807) is 0 Å². The monoisotopic (exact) mass is 280 g/mol. The first kappa shape index (κ1) is 17.3. The average molecular weight is 280 g/mol. The third kappa shape index (κ3) is 4.36. The van der Waals surface area contributed by atoms with E-state index in [4.69, 9.17) is 4.74 Å². The van der Waals surface area contributed by atoms with Gasteiger partial charge in [-0.15, -0.1) is 0 Å². The summed E-state index contributed by atoms with van der Waals surface area (Å²) in [5, 5.41) is 0. The van der Waals surface area contributed by atoms with Crippen molar-refractivity contribution in [1.29, 1.82) is 0 Å². The first-order valence-corrected chi connectivity index (χ1v) is 8.28. The van der Waals surface area contributed by atoms with E-state index >= 15 is 0 Å². The van der Waals surface area contributed by atoms with Crippen molar-refractivity contribution in [2.75, 3.05) is 0 Å². The second-order valence-corrected chi connectivity index (χ2v) is 6.94. The lowest BCUT2D eigenvalue weighted by Gasteiger charge is -2.35. The van der Waals surface area contributed by atoms with E-state index in [2.05, 4.69) is 26.8 Å². The highest BCUT2D eigenvalue weighted by Crippen LogP contribution is 2.36. The van der Waals surface area contributed by atoms with Crippen LogP contribution in [0.15, 0.2) is 11.6 Å². The van der Waals surface area contributed by atoms with Crippen molar-refractivity contribution in [2.45, 2.75) is 91.6 Å². The number of rotatable bonds is 7. The number of allylic oxidation sites excluding steroid dienone is 1. The lowest BCUT2D eigenvalue weighted by atomic mass is 9.80. The van der Waals surface area contributed by atoms with Crippen molar-refractivity contribution in [3.8, 4) is 0 Å². The van der Waals surface area contributed by atoms with Crippen LogP contribution in [-0.2, 0) is 9.53 Å². The molecule has 0 aromatic rings. The van der Waals surface area contributed by atoms with Gasteiger partial charge in [0.2, 0.25) is 0 Å². The number of ether oxygens (including phenoxy) is 1. The van der Waals surface area contributed by atoms with Gasteiger partial charge in [0.25, 0.3) is 0 Å². The van der Waals surface area contributed by atoms with E-state index in [1.807, 2.05) is 13.8 Å². The quantitative estimate of drug-likeness (QED) is 0.460. The van der Waals surface area contributed by atoms with Crippen LogP contribution in [0.2, 0.25) is 0 Å². The van der Waals surface area contributed by atoms with Crippen molar-refractivity contribution in [1.82, 2.24) is 0 Å². The van der Waals surface area contributed by atoms with E-state index in [0.29, 0.717) is 0 Å². The van der Waals surface area contributed by atoms with Crippen LogP contribution in [0.25, 0.3) is 0 Å². The van der Waals surface area contributed by atoms with Gasteiger partial charge in [-0.25, -0.2) is 0 Å². The van der Waals surface area contributed by atoms with E-state index < -0.39 is 5.60 Å². The van der Waals surface area contributed by atoms with Gasteiger partial charge in [-0.1, -0.05) is 32.8 Å². The van der Waals surface area contributed by atoms with Gasteiger partial charge >= 0.3 is 5.97 Å². The fourth-order valence-corrected chi connectivity index (χ4v) is 3.24. The van der Waals surface area contributed by atoms with E-state index in [9.17, 15) is 4.79 Å². The normalized spacial score (nSPS) is 16.8. The van der Waals surface area contributed by atoms with Crippen molar-refractivity contribution in [2.24, 2.45) is 5.41 Å². The SMILES string of the molecule is CCCC(C)(CCC)C(=O)OC(C)(C)C1=CCCCC1. The lowest BCUT2D eigenvalue weighted by molar-refractivity contribution is -0.166. The van der Waals surface area contributed by atoms with Crippen LogP contribution in [0.1, 0.15) is 86.0 Å². The number of hydrogen-bond acceptors (Lipinski definition) is 2.